The molecule has 5 nitrogen and oxygen atoms in total. The molecule has 0 saturated heterocycles. The fourth-order valence-corrected chi connectivity index (χ4v) is 2.79. The summed E-state index contributed by atoms with van der Waals surface area (Å²) in [7, 11) is 0. The second kappa shape index (κ2) is 7.63. The quantitative estimate of drug-likeness (QED) is 0.550. The number of nitrogens with one attached hydrogen (secondary N) is 2. The van der Waals surface area contributed by atoms with Gasteiger partial charge in [-0.2, -0.15) is 0 Å². The highest BCUT2D eigenvalue weighted by molar-refractivity contribution is 5.98. The van der Waals surface area contributed by atoms with Crippen molar-refractivity contribution in [2.45, 2.75) is 0 Å². The summed E-state index contributed by atoms with van der Waals surface area (Å²) in [6.45, 7) is 0.524. The summed E-state index contributed by atoms with van der Waals surface area (Å²) in [5, 5.41) is 4.86. The summed E-state index contributed by atoms with van der Waals surface area (Å²) < 4.78 is 5.62. The molecule has 2 aromatic carbocycles. The van der Waals surface area contributed by atoms with E-state index < -0.39 is 0 Å². The molecule has 0 saturated carbocycles. The Balaban J connectivity index is 1.27. The number of H-pyrrole nitrogens is 1. The lowest BCUT2D eigenvalue weighted by Gasteiger charge is -2.03. The molecule has 0 bridgehead atoms. The van der Waals surface area contributed by atoms with Crippen molar-refractivity contribution in [3.05, 3.63) is 72.6 Å². The van der Waals surface area contributed by atoms with Gasteiger partial charge in [0.25, 0.3) is 5.91 Å². The van der Waals surface area contributed by atoms with E-state index in [1.54, 1.807) is 12.3 Å². The van der Waals surface area contributed by atoms with E-state index >= 15 is 0 Å². The number of aromatic nitrogens is 2. The molecule has 2 N–H and O–H groups in total. The number of carbonyl (C=O) groups is 1. The second-order valence-electron chi connectivity index (χ2n) is 5.96. The summed E-state index contributed by atoms with van der Waals surface area (Å²) in [5.41, 5.74) is 2.51. The molecule has 2 heterocycles. The minimum Gasteiger partial charge on any atom is -0.481 e. The Bertz CT molecular complexity index is 1170. The average Bonchev–Trinajstić information content (AvgIpc) is 3.18. The van der Waals surface area contributed by atoms with E-state index in [0.717, 1.165) is 27.6 Å². The Kier molecular flexibility index (Phi) is 4.71. The molecule has 0 aliphatic carbocycles. The van der Waals surface area contributed by atoms with Gasteiger partial charge in [-0.05, 0) is 42.5 Å². The summed E-state index contributed by atoms with van der Waals surface area (Å²) in [6.07, 6.45) is 3.60. The Morgan fingerprint density at radius 3 is 3.00 bits per heavy atom. The number of rotatable bonds is 4. The minimum atomic E-state index is -0.145. The van der Waals surface area contributed by atoms with Crippen LogP contribution in [-0.4, -0.2) is 29.0 Å². The lowest BCUT2D eigenvalue weighted by atomic mass is 10.1. The fraction of sp³-hybridized carbons (Fsp3) is 0.0909. The van der Waals surface area contributed by atoms with Gasteiger partial charge in [-0.25, -0.2) is 0 Å². The highest BCUT2D eigenvalue weighted by Gasteiger charge is 2.05. The number of carbonyl (C=O) groups excluding carboxylic acids is 1. The molecule has 0 radical (unpaired) electrons. The molecule has 0 unspecified atom stereocenters. The van der Waals surface area contributed by atoms with Crippen LogP contribution in [-0.2, 0) is 0 Å². The maximum absolute atomic E-state index is 12.2. The zero-order valence-electron chi connectivity index (χ0n) is 14.5. The molecular formula is C22H17N3O2. The van der Waals surface area contributed by atoms with Crippen LogP contribution in [0.15, 0.2) is 67.0 Å². The van der Waals surface area contributed by atoms with Gasteiger partial charge < -0.3 is 15.0 Å². The SMILES string of the molecule is O=C(NCC#CCOc1ccc2cccnc2c1)c1ccc2[nH]ccc2c1. The van der Waals surface area contributed by atoms with Crippen LogP contribution in [0.1, 0.15) is 10.4 Å². The van der Waals surface area contributed by atoms with Crippen LogP contribution in [0.2, 0.25) is 0 Å². The van der Waals surface area contributed by atoms with E-state index in [9.17, 15) is 4.79 Å². The minimum absolute atomic E-state index is 0.145. The lowest BCUT2D eigenvalue weighted by molar-refractivity contribution is 0.0959. The van der Waals surface area contributed by atoms with Crippen molar-refractivity contribution >= 4 is 27.7 Å². The zero-order valence-corrected chi connectivity index (χ0v) is 14.5. The first-order valence-corrected chi connectivity index (χ1v) is 8.58. The van der Waals surface area contributed by atoms with Crippen LogP contribution in [0.3, 0.4) is 0 Å². The normalized spacial score (nSPS) is 10.4. The number of ether oxygens (including phenoxy) is 1. The number of hydrogen-bond acceptors (Lipinski definition) is 3. The Morgan fingerprint density at radius 1 is 1.07 bits per heavy atom. The molecule has 132 valence electrons. The topological polar surface area (TPSA) is 67.0 Å². The van der Waals surface area contributed by atoms with Crippen molar-refractivity contribution in [3.8, 4) is 17.6 Å². The van der Waals surface area contributed by atoms with Crippen LogP contribution in [0, 0.1) is 11.8 Å². The Hall–Kier alpha value is -3.78. The van der Waals surface area contributed by atoms with Gasteiger partial charge in [0.15, 0.2) is 0 Å². The third-order valence-electron chi connectivity index (χ3n) is 4.17. The summed E-state index contributed by atoms with van der Waals surface area (Å²) in [4.78, 5) is 19.6. The summed E-state index contributed by atoms with van der Waals surface area (Å²) >= 11 is 0. The van der Waals surface area contributed by atoms with Crippen LogP contribution in [0.4, 0.5) is 0 Å². The first-order valence-electron chi connectivity index (χ1n) is 8.58. The molecule has 0 fully saturated rings. The molecule has 27 heavy (non-hydrogen) atoms. The van der Waals surface area contributed by atoms with Crippen molar-refractivity contribution in [2.75, 3.05) is 13.2 Å². The van der Waals surface area contributed by atoms with Crippen LogP contribution < -0.4 is 10.1 Å². The first-order chi connectivity index (χ1) is 13.3. The van der Waals surface area contributed by atoms with Gasteiger partial charge in [-0.3, -0.25) is 9.78 Å². The Labute approximate surface area is 156 Å². The summed E-state index contributed by atoms with van der Waals surface area (Å²) in [5.74, 6) is 6.38. The van der Waals surface area contributed by atoms with Crippen LogP contribution in [0.25, 0.3) is 21.8 Å². The number of fused-ring (bicyclic) bond motifs is 2. The van der Waals surface area contributed by atoms with E-state index in [1.807, 2.05) is 54.7 Å². The average molecular weight is 355 g/mol. The molecule has 1 amide bonds. The van der Waals surface area contributed by atoms with Crippen molar-refractivity contribution in [1.29, 1.82) is 0 Å². The molecule has 0 atom stereocenters. The molecule has 0 aliphatic heterocycles. The number of aromatic amines is 1. The van der Waals surface area contributed by atoms with E-state index in [1.165, 1.54) is 0 Å². The number of benzene rings is 2. The van der Waals surface area contributed by atoms with Gasteiger partial charge >= 0.3 is 0 Å². The van der Waals surface area contributed by atoms with E-state index in [4.69, 9.17) is 4.74 Å². The smallest absolute Gasteiger partial charge is 0.252 e. The van der Waals surface area contributed by atoms with Crippen molar-refractivity contribution in [2.24, 2.45) is 0 Å². The predicted molar refractivity (Wildman–Crippen MR) is 106 cm³/mol. The number of nitrogens with zero attached hydrogens (tertiary/aromatic N) is 1. The predicted octanol–water partition coefficient (Wildman–Crippen LogP) is 3.53. The van der Waals surface area contributed by atoms with E-state index in [-0.39, 0.29) is 19.1 Å². The third kappa shape index (κ3) is 3.91. The summed E-state index contributed by atoms with van der Waals surface area (Å²) in [6, 6.07) is 17.1. The molecule has 2 aromatic heterocycles. The lowest BCUT2D eigenvalue weighted by Crippen LogP contribution is -2.23. The highest BCUT2D eigenvalue weighted by Crippen LogP contribution is 2.18. The second-order valence-corrected chi connectivity index (χ2v) is 5.96. The molecule has 0 spiro atoms. The molecule has 5 heteroatoms. The maximum atomic E-state index is 12.2. The molecular weight excluding hydrogens is 338 g/mol. The Morgan fingerprint density at radius 2 is 2.04 bits per heavy atom. The zero-order chi connectivity index (χ0) is 18.5. The number of pyridine rings is 1. The fourth-order valence-electron chi connectivity index (χ4n) is 2.79. The van der Waals surface area contributed by atoms with Crippen molar-refractivity contribution in [3.63, 3.8) is 0 Å². The number of hydrogen-bond donors (Lipinski definition) is 2. The van der Waals surface area contributed by atoms with Gasteiger partial charge in [0, 0.05) is 40.3 Å². The third-order valence-corrected chi connectivity index (χ3v) is 4.17. The van der Waals surface area contributed by atoms with Gasteiger partial charge in [-0.15, -0.1) is 0 Å². The van der Waals surface area contributed by atoms with Crippen LogP contribution >= 0.6 is 0 Å². The van der Waals surface area contributed by atoms with Crippen molar-refractivity contribution in [1.82, 2.24) is 15.3 Å². The van der Waals surface area contributed by atoms with E-state index in [2.05, 4.69) is 27.1 Å². The molecule has 0 aliphatic rings. The standard InChI is InChI=1S/C22H17N3O2/c26-22(18-6-8-20-17(14-18)9-12-24-20)25-10-1-2-13-27-19-7-5-16-4-3-11-23-21(16)15-19/h3-9,11-12,14-15,24H,10,13H2,(H,25,26). The number of amides is 1. The highest BCUT2D eigenvalue weighted by atomic mass is 16.5. The van der Waals surface area contributed by atoms with Gasteiger partial charge in [-0.1, -0.05) is 17.9 Å². The monoisotopic (exact) mass is 355 g/mol. The maximum Gasteiger partial charge on any atom is 0.252 e. The van der Waals surface area contributed by atoms with Gasteiger partial charge in [0.05, 0.1) is 12.1 Å². The molecule has 4 rings (SSSR count). The van der Waals surface area contributed by atoms with Crippen LogP contribution in [0.5, 0.6) is 5.75 Å². The molecule has 4 aromatic rings. The van der Waals surface area contributed by atoms with Gasteiger partial charge in [0.1, 0.15) is 12.4 Å². The largest absolute Gasteiger partial charge is 0.481 e. The first kappa shape index (κ1) is 16.7. The van der Waals surface area contributed by atoms with Gasteiger partial charge in [0.2, 0.25) is 0 Å². The van der Waals surface area contributed by atoms with E-state index in [0.29, 0.717) is 5.56 Å². The van der Waals surface area contributed by atoms with Crippen molar-refractivity contribution < 1.29 is 9.53 Å².